The van der Waals surface area contributed by atoms with Gasteiger partial charge in [0.1, 0.15) is 0 Å². The summed E-state index contributed by atoms with van der Waals surface area (Å²) in [7, 11) is 0. The zero-order chi connectivity index (χ0) is 16.2. The average Bonchev–Trinajstić information content (AvgIpc) is 2.68. The van der Waals surface area contributed by atoms with Crippen LogP contribution in [0.1, 0.15) is 90.9 Å². The van der Waals surface area contributed by atoms with Gasteiger partial charge >= 0.3 is 0 Å². The third-order valence-electron chi connectivity index (χ3n) is 4.41. The lowest BCUT2D eigenvalue weighted by atomic mass is 10.1. The summed E-state index contributed by atoms with van der Waals surface area (Å²) in [5.41, 5.74) is 0.720. The third-order valence-corrected chi connectivity index (χ3v) is 4.41. The van der Waals surface area contributed by atoms with Crippen molar-refractivity contribution in [1.82, 2.24) is 4.90 Å². The molecule has 0 unspecified atom stereocenters. The fourth-order valence-electron chi connectivity index (χ4n) is 2.93. The number of allylic oxidation sites excluding steroid dienone is 1. The van der Waals surface area contributed by atoms with E-state index in [9.17, 15) is 9.59 Å². The first-order chi connectivity index (χ1) is 10.7. The van der Waals surface area contributed by atoms with Gasteiger partial charge in [0, 0.05) is 18.5 Å². The van der Waals surface area contributed by atoms with E-state index in [1.807, 2.05) is 13.0 Å². The molecular weight excluding hydrogens is 274 g/mol. The Bertz CT molecular complexity index is 374. The lowest BCUT2D eigenvalue weighted by molar-refractivity contribution is -0.142. The van der Waals surface area contributed by atoms with Crippen LogP contribution >= 0.6 is 0 Å². The number of rotatable bonds is 10. The summed E-state index contributed by atoms with van der Waals surface area (Å²) in [4.78, 5) is 25.7. The van der Waals surface area contributed by atoms with Crippen LogP contribution in [0.25, 0.3) is 0 Å². The van der Waals surface area contributed by atoms with Crippen molar-refractivity contribution in [2.24, 2.45) is 0 Å². The average molecular weight is 307 g/mol. The van der Waals surface area contributed by atoms with Crippen LogP contribution in [-0.4, -0.2) is 23.3 Å². The Hall–Kier alpha value is -1.12. The van der Waals surface area contributed by atoms with E-state index in [0.29, 0.717) is 13.0 Å². The van der Waals surface area contributed by atoms with Crippen molar-refractivity contribution >= 4 is 11.8 Å². The van der Waals surface area contributed by atoms with Crippen molar-refractivity contribution in [3.8, 4) is 0 Å². The molecule has 1 aliphatic heterocycles. The number of unbranched alkanes of at least 4 members (excludes halogenated alkanes) is 8. The molecule has 22 heavy (non-hydrogen) atoms. The highest BCUT2D eigenvalue weighted by molar-refractivity contribution is 6.04. The predicted molar refractivity (Wildman–Crippen MR) is 91.6 cm³/mol. The Balaban J connectivity index is 2.10. The second-order valence-electron chi connectivity index (χ2n) is 6.46. The first-order valence-corrected chi connectivity index (χ1v) is 9.18. The van der Waals surface area contributed by atoms with Gasteiger partial charge in [-0.3, -0.25) is 14.5 Å². The molecule has 0 aromatic heterocycles. The predicted octanol–water partition coefficient (Wildman–Crippen LogP) is 5.00. The summed E-state index contributed by atoms with van der Waals surface area (Å²) in [6, 6.07) is 0. The lowest BCUT2D eigenvalue weighted by Crippen LogP contribution is -2.37. The quantitative estimate of drug-likeness (QED) is 0.532. The summed E-state index contributed by atoms with van der Waals surface area (Å²) in [5, 5.41) is 0. The minimum Gasteiger partial charge on any atom is -0.279 e. The van der Waals surface area contributed by atoms with Crippen molar-refractivity contribution in [1.29, 1.82) is 0 Å². The lowest BCUT2D eigenvalue weighted by Gasteiger charge is -2.19. The summed E-state index contributed by atoms with van der Waals surface area (Å²) in [5.74, 6) is -0.0685. The molecule has 3 nitrogen and oxygen atoms in total. The molecule has 0 aromatic carbocycles. The molecule has 0 atom stereocenters. The van der Waals surface area contributed by atoms with Gasteiger partial charge in [-0.05, 0) is 26.2 Å². The molecule has 1 heterocycles. The molecule has 0 N–H and O–H groups in total. The topological polar surface area (TPSA) is 37.4 Å². The highest BCUT2D eigenvalue weighted by Crippen LogP contribution is 2.15. The van der Waals surface area contributed by atoms with E-state index in [1.54, 1.807) is 0 Å². The molecule has 0 aliphatic carbocycles. The van der Waals surface area contributed by atoms with E-state index >= 15 is 0 Å². The maximum Gasteiger partial charge on any atom is 0.255 e. The molecule has 0 fully saturated rings. The van der Waals surface area contributed by atoms with E-state index in [2.05, 4.69) is 6.92 Å². The zero-order valence-corrected chi connectivity index (χ0v) is 14.5. The Morgan fingerprint density at radius 3 is 2.27 bits per heavy atom. The molecular formula is C19H33NO2. The van der Waals surface area contributed by atoms with Gasteiger partial charge in [0.05, 0.1) is 0 Å². The Morgan fingerprint density at radius 2 is 1.64 bits per heavy atom. The molecule has 0 spiro atoms. The Kier molecular flexibility index (Phi) is 9.85. The van der Waals surface area contributed by atoms with Gasteiger partial charge in [-0.25, -0.2) is 0 Å². The third kappa shape index (κ3) is 7.24. The van der Waals surface area contributed by atoms with E-state index in [4.69, 9.17) is 0 Å². The van der Waals surface area contributed by atoms with Crippen LogP contribution in [0.2, 0.25) is 0 Å². The molecule has 2 amide bonds. The molecule has 1 aliphatic rings. The SMILES string of the molecule is CCCCCCCCCCCC(=O)N1CCCC=C(C)C1=O. The summed E-state index contributed by atoms with van der Waals surface area (Å²) in [6.07, 6.45) is 15.5. The minimum atomic E-state index is -0.0848. The van der Waals surface area contributed by atoms with Crippen molar-refractivity contribution < 1.29 is 9.59 Å². The maximum absolute atomic E-state index is 12.2. The van der Waals surface area contributed by atoms with E-state index < -0.39 is 0 Å². The van der Waals surface area contributed by atoms with Gasteiger partial charge in [0.2, 0.25) is 5.91 Å². The summed E-state index contributed by atoms with van der Waals surface area (Å²) in [6.45, 7) is 4.64. The van der Waals surface area contributed by atoms with Crippen molar-refractivity contribution in [2.75, 3.05) is 6.54 Å². The largest absolute Gasteiger partial charge is 0.279 e. The number of carbonyl (C=O) groups excluding carboxylic acids is 2. The molecule has 0 saturated carbocycles. The molecule has 0 aromatic rings. The monoisotopic (exact) mass is 307 g/mol. The fourth-order valence-corrected chi connectivity index (χ4v) is 2.93. The van der Waals surface area contributed by atoms with Crippen LogP contribution < -0.4 is 0 Å². The first kappa shape index (κ1) is 18.9. The van der Waals surface area contributed by atoms with Crippen LogP contribution in [0.4, 0.5) is 0 Å². The minimum absolute atomic E-state index is 0.0163. The smallest absolute Gasteiger partial charge is 0.255 e. The maximum atomic E-state index is 12.2. The molecule has 0 saturated heterocycles. The summed E-state index contributed by atoms with van der Waals surface area (Å²) < 4.78 is 0. The van der Waals surface area contributed by atoms with Crippen LogP contribution in [-0.2, 0) is 9.59 Å². The number of imide groups is 1. The van der Waals surface area contributed by atoms with Gasteiger partial charge in [-0.15, -0.1) is 0 Å². The fraction of sp³-hybridized carbons (Fsp3) is 0.789. The second-order valence-corrected chi connectivity index (χ2v) is 6.46. The molecule has 0 bridgehead atoms. The van der Waals surface area contributed by atoms with Gasteiger partial charge in [-0.2, -0.15) is 0 Å². The standard InChI is InChI=1S/C19H33NO2/c1-3-4-5-6-7-8-9-10-11-15-18(21)20-16-13-12-14-17(2)19(20)22/h14H,3-13,15-16H2,1-2H3. The van der Waals surface area contributed by atoms with Crippen molar-refractivity contribution in [3.05, 3.63) is 11.6 Å². The number of hydrogen-bond donors (Lipinski definition) is 0. The normalized spacial score (nSPS) is 15.6. The van der Waals surface area contributed by atoms with Gasteiger partial charge in [-0.1, -0.05) is 64.4 Å². The van der Waals surface area contributed by atoms with Crippen molar-refractivity contribution in [3.63, 3.8) is 0 Å². The van der Waals surface area contributed by atoms with Crippen LogP contribution in [0.15, 0.2) is 11.6 Å². The Morgan fingerprint density at radius 1 is 1.05 bits per heavy atom. The second kappa shape index (κ2) is 11.4. The number of amides is 2. The molecule has 0 radical (unpaired) electrons. The van der Waals surface area contributed by atoms with Gasteiger partial charge in [0.15, 0.2) is 0 Å². The zero-order valence-electron chi connectivity index (χ0n) is 14.5. The number of nitrogens with zero attached hydrogens (tertiary/aromatic N) is 1. The summed E-state index contributed by atoms with van der Waals surface area (Å²) >= 11 is 0. The number of hydrogen-bond acceptors (Lipinski definition) is 2. The van der Waals surface area contributed by atoms with Crippen LogP contribution in [0, 0.1) is 0 Å². The van der Waals surface area contributed by atoms with E-state index in [-0.39, 0.29) is 11.8 Å². The van der Waals surface area contributed by atoms with Gasteiger partial charge < -0.3 is 0 Å². The van der Waals surface area contributed by atoms with Crippen molar-refractivity contribution in [2.45, 2.75) is 90.9 Å². The van der Waals surface area contributed by atoms with Gasteiger partial charge in [0.25, 0.3) is 5.91 Å². The van der Waals surface area contributed by atoms with Crippen LogP contribution in [0.5, 0.6) is 0 Å². The highest BCUT2D eigenvalue weighted by Gasteiger charge is 2.23. The molecule has 126 valence electrons. The van der Waals surface area contributed by atoms with Crippen LogP contribution in [0.3, 0.4) is 0 Å². The molecule has 3 heteroatoms. The first-order valence-electron chi connectivity index (χ1n) is 9.18. The Labute approximate surface area is 136 Å². The van der Waals surface area contributed by atoms with E-state index in [1.165, 1.54) is 49.8 Å². The highest BCUT2D eigenvalue weighted by atomic mass is 16.2. The number of carbonyl (C=O) groups is 2. The van der Waals surface area contributed by atoms with E-state index in [0.717, 1.165) is 31.3 Å². The molecule has 1 rings (SSSR count).